The third-order valence-corrected chi connectivity index (χ3v) is 2.82. The largest absolute Gasteiger partial charge is 0.339 e. The molecule has 0 unspecified atom stereocenters. The zero-order valence-electron chi connectivity index (χ0n) is 12.1. The predicted molar refractivity (Wildman–Crippen MR) is 83.5 cm³/mol. The van der Waals surface area contributed by atoms with E-state index in [0.717, 1.165) is 0 Å². The van der Waals surface area contributed by atoms with Crippen molar-refractivity contribution >= 4 is 29.9 Å². The molecular formula is C14H22ClN3O2. The summed E-state index contributed by atoms with van der Waals surface area (Å²) in [4.78, 5) is 25.6. The van der Waals surface area contributed by atoms with E-state index < -0.39 is 0 Å². The van der Waals surface area contributed by atoms with E-state index in [0.29, 0.717) is 24.3 Å². The van der Waals surface area contributed by atoms with Gasteiger partial charge in [-0.25, -0.2) is 0 Å². The van der Waals surface area contributed by atoms with Gasteiger partial charge < -0.3 is 15.5 Å². The molecule has 0 aliphatic carbocycles. The molecule has 0 radical (unpaired) electrons. The average Bonchev–Trinajstić information content (AvgIpc) is 2.40. The van der Waals surface area contributed by atoms with E-state index in [-0.39, 0.29) is 30.8 Å². The highest BCUT2D eigenvalue weighted by Crippen LogP contribution is 2.17. The van der Waals surface area contributed by atoms with Crippen LogP contribution in [0.1, 0.15) is 24.2 Å². The van der Waals surface area contributed by atoms with Gasteiger partial charge in [0.2, 0.25) is 5.91 Å². The zero-order chi connectivity index (χ0) is 14.3. The topological polar surface area (TPSA) is 61.4 Å². The molecule has 0 fully saturated rings. The number of hydrogen-bond donors (Lipinski definition) is 2. The summed E-state index contributed by atoms with van der Waals surface area (Å²) in [5.74, 6) is -0.229. The van der Waals surface area contributed by atoms with E-state index in [4.69, 9.17) is 0 Å². The Kier molecular flexibility index (Phi) is 8.59. The standard InChI is InChI=1S/C14H21N3O2.ClH/c1-4-17(5-2)14(19)11-8-6-7-9-12(11)16-13(18)10-15-3;/h6-9,15H,4-5,10H2,1-3H3,(H,16,18);1H. The molecule has 0 saturated carbocycles. The molecule has 2 N–H and O–H groups in total. The summed E-state index contributed by atoms with van der Waals surface area (Å²) in [5, 5.41) is 5.52. The maximum Gasteiger partial charge on any atom is 0.255 e. The van der Waals surface area contributed by atoms with Crippen molar-refractivity contribution in [3.8, 4) is 0 Å². The second-order valence-corrected chi connectivity index (χ2v) is 4.10. The van der Waals surface area contributed by atoms with Crippen LogP contribution in [0.3, 0.4) is 0 Å². The molecule has 20 heavy (non-hydrogen) atoms. The van der Waals surface area contributed by atoms with Gasteiger partial charge in [0.1, 0.15) is 0 Å². The Morgan fingerprint density at radius 1 is 1.15 bits per heavy atom. The lowest BCUT2D eigenvalue weighted by atomic mass is 10.1. The van der Waals surface area contributed by atoms with Crippen molar-refractivity contribution < 1.29 is 9.59 Å². The van der Waals surface area contributed by atoms with Crippen molar-refractivity contribution in [2.75, 3.05) is 32.0 Å². The summed E-state index contributed by atoms with van der Waals surface area (Å²) in [7, 11) is 1.70. The summed E-state index contributed by atoms with van der Waals surface area (Å²) in [6.07, 6.45) is 0. The molecule has 0 atom stereocenters. The summed E-state index contributed by atoms with van der Waals surface area (Å²) in [6.45, 7) is 5.38. The summed E-state index contributed by atoms with van der Waals surface area (Å²) in [6, 6.07) is 7.07. The summed E-state index contributed by atoms with van der Waals surface area (Å²) in [5.41, 5.74) is 1.08. The Morgan fingerprint density at radius 2 is 1.75 bits per heavy atom. The number of rotatable bonds is 6. The SMILES string of the molecule is CCN(CC)C(=O)c1ccccc1NC(=O)CNC.Cl. The number of nitrogens with zero attached hydrogens (tertiary/aromatic N) is 1. The second-order valence-electron chi connectivity index (χ2n) is 4.10. The van der Waals surface area contributed by atoms with Crippen LogP contribution in [0.5, 0.6) is 0 Å². The molecule has 1 aromatic rings. The van der Waals surface area contributed by atoms with Crippen LogP contribution in [0.15, 0.2) is 24.3 Å². The van der Waals surface area contributed by atoms with E-state index >= 15 is 0 Å². The van der Waals surface area contributed by atoms with Crippen LogP contribution in [-0.4, -0.2) is 43.4 Å². The minimum absolute atomic E-state index is 0. The maximum atomic E-state index is 12.3. The summed E-state index contributed by atoms with van der Waals surface area (Å²) < 4.78 is 0. The predicted octanol–water partition coefficient (Wildman–Crippen LogP) is 1.75. The van der Waals surface area contributed by atoms with E-state index in [2.05, 4.69) is 10.6 Å². The van der Waals surface area contributed by atoms with Crippen molar-refractivity contribution in [2.24, 2.45) is 0 Å². The first-order chi connectivity index (χ1) is 9.13. The fourth-order valence-electron chi connectivity index (χ4n) is 1.81. The van der Waals surface area contributed by atoms with E-state index in [1.165, 1.54) is 0 Å². The number of benzene rings is 1. The van der Waals surface area contributed by atoms with Gasteiger partial charge in [0.25, 0.3) is 5.91 Å². The number of carbonyl (C=O) groups is 2. The molecule has 0 saturated heterocycles. The summed E-state index contributed by atoms with van der Waals surface area (Å²) >= 11 is 0. The number of carbonyl (C=O) groups excluding carboxylic acids is 2. The lowest BCUT2D eigenvalue weighted by Gasteiger charge is -2.20. The normalized spacial score (nSPS) is 9.55. The van der Waals surface area contributed by atoms with Gasteiger partial charge >= 0.3 is 0 Å². The van der Waals surface area contributed by atoms with Crippen LogP contribution in [0, 0.1) is 0 Å². The fourth-order valence-corrected chi connectivity index (χ4v) is 1.81. The first-order valence-corrected chi connectivity index (χ1v) is 6.46. The lowest BCUT2D eigenvalue weighted by molar-refractivity contribution is -0.115. The quantitative estimate of drug-likeness (QED) is 0.841. The Labute approximate surface area is 126 Å². The number of halogens is 1. The number of hydrogen-bond acceptors (Lipinski definition) is 3. The Morgan fingerprint density at radius 3 is 2.30 bits per heavy atom. The number of likely N-dealkylation sites (N-methyl/N-ethyl adjacent to an activating group) is 1. The Hall–Kier alpha value is -1.59. The molecule has 0 bridgehead atoms. The molecule has 6 heteroatoms. The van der Waals surface area contributed by atoms with Crippen molar-refractivity contribution in [3.05, 3.63) is 29.8 Å². The second kappa shape index (κ2) is 9.34. The molecule has 112 valence electrons. The number of nitrogens with one attached hydrogen (secondary N) is 2. The number of anilines is 1. The highest BCUT2D eigenvalue weighted by Gasteiger charge is 2.16. The lowest BCUT2D eigenvalue weighted by Crippen LogP contribution is -2.32. The molecule has 2 amide bonds. The molecular weight excluding hydrogens is 278 g/mol. The van der Waals surface area contributed by atoms with Crippen molar-refractivity contribution in [1.29, 1.82) is 0 Å². The van der Waals surface area contributed by atoms with Gasteiger partial charge in [-0.2, -0.15) is 0 Å². The van der Waals surface area contributed by atoms with Gasteiger partial charge in [0, 0.05) is 13.1 Å². The van der Waals surface area contributed by atoms with E-state index in [9.17, 15) is 9.59 Å². The third kappa shape index (κ3) is 4.83. The molecule has 5 nitrogen and oxygen atoms in total. The molecule has 0 aromatic heterocycles. The highest BCUT2D eigenvalue weighted by molar-refractivity contribution is 6.04. The van der Waals surface area contributed by atoms with Gasteiger partial charge in [-0.3, -0.25) is 9.59 Å². The first kappa shape index (κ1) is 18.4. The molecule has 1 rings (SSSR count). The van der Waals surface area contributed by atoms with Crippen molar-refractivity contribution in [3.63, 3.8) is 0 Å². The monoisotopic (exact) mass is 299 g/mol. The molecule has 1 aromatic carbocycles. The van der Waals surface area contributed by atoms with Gasteiger partial charge in [-0.15, -0.1) is 12.4 Å². The fraction of sp³-hybridized carbons (Fsp3) is 0.429. The Bertz CT molecular complexity index is 448. The molecule has 0 spiro atoms. The maximum absolute atomic E-state index is 12.3. The first-order valence-electron chi connectivity index (χ1n) is 6.46. The van der Waals surface area contributed by atoms with Crippen LogP contribution in [-0.2, 0) is 4.79 Å². The van der Waals surface area contributed by atoms with Crippen molar-refractivity contribution in [1.82, 2.24) is 10.2 Å². The third-order valence-electron chi connectivity index (χ3n) is 2.82. The van der Waals surface area contributed by atoms with Crippen LogP contribution >= 0.6 is 12.4 Å². The van der Waals surface area contributed by atoms with Gasteiger partial charge in [0.15, 0.2) is 0 Å². The van der Waals surface area contributed by atoms with Gasteiger partial charge in [-0.05, 0) is 33.0 Å². The average molecular weight is 300 g/mol. The molecule has 0 aliphatic heterocycles. The van der Waals surface area contributed by atoms with Crippen molar-refractivity contribution in [2.45, 2.75) is 13.8 Å². The molecule has 0 aliphatic rings. The van der Waals surface area contributed by atoms with Gasteiger partial charge in [-0.1, -0.05) is 12.1 Å². The smallest absolute Gasteiger partial charge is 0.255 e. The zero-order valence-corrected chi connectivity index (χ0v) is 12.9. The van der Waals surface area contributed by atoms with Crippen LogP contribution < -0.4 is 10.6 Å². The molecule has 0 heterocycles. The minimum atomic E-state index is -0.165. The van der Waals surface area contributed by atoms with Crippen LogP contribution in [0.4, 0.5) is 5.69 Å². The number of para-hydroxylation sites is 1. The Balaban J connectivity index is 0.00000361. The van der Waals surface area contributed by atoms with E-state index in [1.54, 1.807) is 36.2 Å². The van der Waals surface area contributed by atoms with Crippen LogP contribution in [0.25, 0.3) is 0 Å². The number of amides is 2. The highest BCUT2D eigenvalue weighted by atomic mass is 35.5. The van der Waals surface area contributed by atoms with Crippen LogP contribution in [0.2, 0.25) is 0 Å². The minimum Gasteiger partial charge on any atom is -0.339 e. The van der Waals surface area contributed by atoms with Gasteiger partial charge in [0.05, 0.1) is 17.8 Å². The van der Waals surface area contributed by atoms with E-state index in [1.807, 2.05) is 13.8 Å².